The third-order valence-electron chi connectivity index (χ3n) is 5.23. The van der Waals surface area contributed by atoms with Gasteiger partial charge in [-0.15, -0.1) is 0 Å². The maximum absolute atomic E-state index is 13.7. The van der Waals surface area contributed by atoms with E-state index in [1.54, 1.807) is 35.1 Å². The van der Waals surface area contributed by atoms with Crippen LogP contribution in [0.2, 0.25) is 0 Å². The molecule has 1 aromatic heterocycles. The summed E-state index contributed by atoms with van der Waals surface area (Å²) in [7, 11) is 2.03. The van der Waals surface area contributed by atoms with E-state index in [1.165, 1.54) is 6.07 Å². The Bertz CT molecular complexity index is 1080. The quantitative estimate of drug-likeness (QED) is 0.710. The van der Waals surface area contributed by atoms with E-state index in [0.29, 0.717) is 22.3 Å². The largest absolute Gasteiger partial charge is 0.366 e. The van der Waals surface area contributed by atoms with Gasteiger partial charge in [0.2, 0.25) is 5.91 Å². The summed E-state index contributed by atoms with van der Waals surface area (Å²) in [4.78, 5) is 26.2. The smallest absolute Gasteiger partial charge is 0.251 e. The average molecular weight is 395 g/mol. The molecule has 3 aromatic rings. The SMILES string of the molecule is CN1CCC[C@@H](C(=O)Nc2ccc(-n3cc4cc(F)cc(C(N)=O)c4n3)cc2)C1. The minimum Gasteiger partial charge on any atom is -0.366 e. The van der Waals surface area contributed by atoms with Crippen molar-refractivity contribution in [1.29, 1.82) is 0 Å². The van der Waals surface area contributed by atoms with Gasteiger partial charge in [-0.3, -0.25) is 9.59 Å². The number of nitrogens with zero attached hydrogens (tertiary/aromatic N) is 3. The van der Waals surface area contributed by atoms with Crippen molar-refractivity contribution in [2.75, 3.05) is 25.5 Å². The highest BCUT2D eigenvalue weighted by atomic mass is 19.1. The summed E-state index contributed by atoms with van der Waals surface area (Å²) in [6, 6.07) is 9.58. The number of nitrogens with one attached hydrogen (secondary N) is 1. The Morgan fingerprint density at radius 2 is 2.00 bits per heavy atom. The van der Waals surface area contributed by atoms with Crippen LogP contribution in [0.15, 0.2) is 42.6 Å². The number of halogens is 1. The standard InChI is InChI=1S/C21H22FN5O2/c1-26-8-2-3-13(11-26)21(29)24-16-4-6-17(7-5-16)27-12-14-9-15(22)10-18(20(23)28)19(14)25-27/h4-7,9-10,12-13H,2-3,8,11H2,1H3,(H2,23,28)(H,24,29)/t13-/m1/s1. The molecule has 3 N–H and O–H groups in total. The predicted octanol–water partition coefficient (Wildman–Crippen LogP) is 2.54. The first kappa shape index (κ1) is 19.1. The van der Waals surface area contributed by atoms with Gasteiger partial charge in [-0.05, 0) is 62.8 Å². The number of hydrogen-bond donors (Lipinski definition) is 2. The Morgan fingerprint density at radius 1 is 1.24 bits per heavy atom. The molecule has 1 aliphatic heterocycles. The molecule has 2 amide bonds. The molecule has 0 radical (unpaired) electrons. The summed E-state index contributed by atoms with van der Waals surface area (Å²) >= 11 is 0. The zero-order valence-corrected chi connectivity index (χ0v) is 16.1. The molecule has 1 fully saturated rings. The lowest BCUT2D eigenvalue weighted by molar-refractivity contribution is -0.121. The Labute approximate surface area is 167 Å². The van der Waals surface area contributed by atoms with Crippen LogP contribution in [-0.2, 0) is 4.79 Å². The molecule has 0 spiro atoms. The van der Waals surface area contributed by atoms with Gasteiger partial charge in [0.1, 0.15) is 11.3 Å². The molecule has 1 saturated heterocycles. The van der Waals surface area contributed by atoms with Crippen molar-refractivity contribution in [1.82, 2.24) is 14.7 Å². The van der Waals surface area contributed by atoms with E-state index in [-0.39, 0.29) is 17.4 Å². The predicted molar refractivity (Wildman–Crippen MR) is 108 cm³/mol. The fraction of sp³-hybridized carbons (Fsp3) is 0.286. The van der Waals surface area contributed by atoms with Crippen molar-refractivity contribution in [2.24, 2.45) is 11.7 Å². The van der Waals surface area contributed by atoms with Crippen LogP contribution in [-0.4, -0.2) is 46.6 Å². The van der Waals surface area contributed by atoms with Crippen molar-refractivity contribution >= 4 is 28.4 Å². The number of piperidine rings is 1. The molecule has 0 aliphatic carbocycles. The number of carbonyl (C=O) groups excluding carboxylic acids is 2. The van der Waals surface area contributed by atoms with Crippen LogP contribution in [0.25, 0.3) is 16.6 Å². The number of rotatable bonds is 4. The van der Waals surface area contributed by atoms with E-state index in [1.807, 2.05) is 7.05 Å². The van der Waals surface area contributed by atoms with E-state index in [0.717, 1.165) is 32.0 Å². The molecule has 0 saturated carbocycles. The molecular formula is C21H22FN5O2. The lowest BCUT2D eigenvalue weighted by Crippen LogP contribution is -2.38. The fourth-order valence-electron chi connectivity index (χ4n) is 3.74. The molecule has 4 rings (SSSR count). The summed E-state index contributed by atoms with van der Waals surface area (Å²) in [5.74, 6) is -1.26. The second-order valence-electron chi connectivity index (χ2n) is 7.47. The number of primary amides is 1. The second kappa shape index (κ2) is 7.63. The number of fused-ring (bicyclic) bond motifs is 1. The highest BCUT2D eigenvalue weighted by molar-refractivity contribution is 6.04. The van der Waals surface area contributed by atoms with E-state index in [4.69, 9.17) is 5.73 Å². The summed E-state index contributed by atoms with van der Waals surface area (Å²) in [5.41, 5.74) is 7.14. The van der Waals surface area contributed by atoms with Crippen LogP contribution in [0.1, 0.15) is 23.2 Å². The Balaban J connectivity index is 1.54. The number of likely N-dealkylation sites (tertiary alicyclic amines) is 1. The third kappa shape index (κ3) is 3.97. The topological polar surface area (TPSA) is 93.3 Å². The van der Waals surface area contributed by atoms with Crippen molar-refractivity contribution in [2.45, 2.75) is 12.8 Å². The number of nitrogens with two attached hydrogens (primary N) is 1. The van der Waals surface area contributed by atoms with E-state index >= 15 is 0 Å². The normalized spacial score (nSPS) is 17.4. The molecule has 2 heterocycles. The first-order valence-electron chi connectivity index (χ1n) is 9.49. The molecule has 1 aliphatic rings. The van der Waals surface area contributed by atoms with E-state index < -0.39 is 11.7 Å². The molecule has 29 heavy (non-hydrogen) atoms. The first-order chi connectivity index (χ1) is 13.9. The zero-order chi connectivity index (χ0) is 20.5. The van der Waals surface area contributed by atoms with E-state index in [9.17, 15) is 14.0 Å². The molecule has 2 aromatic carbocycles. The van der Waals surface area contributed by atoms with E-state index in [2.05, 4.69) is 15.3 Å². The number of hydrogen-bond acceptors (Lipinski definition) is 4. The van der Waals surface area contributed by atoms with Crippen molar-refractivity contribution in [3.8, 4) is 5.69 Å². The Hall–Kier alpha value is -3.26. The monoisotopic (exact) mass is 395 g/mol. The van der Waals surface area contributed by atoms with Crippen LogP contribution in [0.5, 0.6) is 0 Å². The van der Waals surface area contributed by atoms with Gasteiger partial charge < -0.3 is 16.0 Å². The van der Waals surface area contributed by atoms with Gasteiger partial charge in [0.05, 0.1) is 17.2 Å². The van der Waals surface area contributed by atoms with Gasteiger partial charge >= 0.3 is 0 Å². The zero-order valence-electron chi connectivity index (χ0n) is 16.1. The maximum atomic E-state index is 13.7. The molecule has 0 bridgehead atoms. The highest BCUT2D eigenvalue weighted by Gasteiger charge is 2.23. The average Bonchev–Trinajstić information content (AvgIpc) is 3.11. The molecule has 1 atom stereocenters. The molecule has 150 valence electrons. The molecule has 0 unspecified atom stereocenters. The summed E-state index contributed by atoms with van der Waals surface area (Å²) in [5, 5.41) is 7.82. The summed E-state index contributed by atoms with van der Waals surface area (Å²) in [6.07, 6.45) is 3.55. The minimum atomic E-state index is -0.730. The number of aromatic nitrogens is 2. The van der Waals surface area contributed by atoms with Crippen molar-refractivity contribution in [3.05, 3.63) is 54.0 Å². The van der Waals surface area contributed by atoms with Gasteiger partial charge in [0.15, 0.2) is 0 Å². The van der Waals surface area contributed by atoms with Crippen LogP contribution >= 0.6 is 0 Å². The van der Waals surface area contributed by atoms with Crippen molar-refractivity contribution < 1.29 is 14.0 Å². The maximum Gasteiger partial charge on any atom is 0.251 e. The van der Waals surface area contributed by atoms with Crippen LogP contribution in [0.3, 0.4) is 0 Å². The Morgan fingerprint density at radius 3 is 2.69 bits per heavy atom. The fourth-order valence-corrected chi connectivity index (χ4v) is 3.74. The highest BCUT2D eigenvalue weighted by Crippen LogP contribution is 2.23. The lowest BCUT2D eigenvalue weighted by Gasteiger charge is -2.28. The number of anilines is 1. The summed E-state index contributed by atoms with van der Waals surface area (Å²) in [6.45, 7) is 1.79. The summed E-state index contributed by atoms with van der Waals surface area (Å²) < 4.78 is 15.3. The van der Waals surface area contributed by atoms with Gasteiger partial charge in [-0.1, -0.05) is 0 Å². The number of carbonyl (C=O) groups is 2. The van der Waals surface area contributed by atoms with Gasteiger partial charge in [-0.2, -0.15) is 5.10 Å². The first-order valence-corrected chi connectivity index (χ1v) is 9.49. The van der Waals surface area contributed by atoms with Crippen LogP contribution in [0.4, 0.5) is 10.1 Å². The van der Waals surface area contributed by atoms with Gasteiger partial charge in [0.25, 0.3) is 5.91 Å². The molecule has 8 heteroatoms. The minimum absolute atomic E-state index is 0.00745. The second-order valence-corrected chi connectivity index (χ2v) is 7.47. The molecule has 7 nitrogen and oxygen atoms in total. The van der Waals surface area contributed by atoms with Gasteiger partial charge in [-0.25, -0.2) is 9.07 Å². The van der Waals surface area contributed by atoms with Crippen molar-refractivity contribution in [3.63, 3.8) is 0 Å². The van der Waals surface area contributed by atoms with Crippen LogP contribution < -0.4 is 11.1 Å². The number of amides is 2. The molecular weight excluding hydrogens is 373 g/mol. The third-order valence-corrected chi connectivity index (χ3v) is 5.23. The number of benzene rings is 2. The lowest BCUT2D eigenvalue weighted by atomic mass is 9.97. The Kier molecular flexibility index (Phi) is 5.02. The van der Waals surface area contributed by atoms with Crippen LogP contribution in [0, 0.1) is 11.7 Å². The van der Waals surface area contributed by atoms with Gasteiger partial charge in [0, 0.05) is 23.8 Å².